The van der Waals surface area contributed by atoms with Gasteiger partial charge < -0.3 is 14.6 Å². The van der Waals surface area contributed by atoms with Gasteiger partial charge in [-0.15, -0.1) is 0 Å². The van der Waals surface area contributed by atoms with Crippen LogP contribution in [-0.2, 0) is 14.6 Å². The summed E-state index contributed by atoms with van der Waals surface area (Å²) in [5.41, 5.74) is 0.675. The summed E-state index contributed by atoms with van der Waals surface area (Å²) in [5, 5.41) is 11.9. The summed E-state index contributed by atoms with van der Waals surface area (Å²) in [6.07, 6.45) is 0. The van der Waals surface area contributed by atoms with Crippen molar-refractivity contribution in [3.05, 3.63) is 23.8 Å². The van der Waals surface area contributed by atoms with Crippen LogP contribution < -0.4 is 14.8 Å². The Hall–Kier alpha value is -1.80. The van der Waals surface area contributed by atoms with Gasteiger partial charge in [0.2, 0.25) is 0 Å². The van der Waals surface area contributed by atoms with Gasteiger partial charge in [0, 0.05) is 6.04 Å². The first kappa shape index (κ1) is 14.2. The Morgan fingerprint density at radius 1 is 1.19 bits per heavy atom. The fourth-order valence-corrected chi connectivity index (χ4v) is 4.21. The number of nitrogens with one attached hydrogen (secondary N) is 1. The van der Waals surface area contributed by atoms with Crippen molar-refractivity contribution in [2.24, 2.45) is 0 Å². The van der Waals surface area contributed by atoms with Crippen molar-refractivity contribution < 1.29 is 27.8 Å². The van der Waals surface area contributed by atoms with E-state index in [0.717, 1.165) is 0 Å². The molecule has 0 radical (unpaired) electrons. The molecule has 2 heterocycles. The Labute approximate surface area is 121 Å². The maximum Gasteiger partial charge on any atom is 0.321 e. The van der Waals surface area contributed by atoms with Crippen LogP contribution in [-0.4, -0.2) is 50.3 Å². The summed E-state index contributed by atoms with van der Waals surface area (Å²) in [6, 6.07) is 3.47. The molecule has 8 heteroatoms. The molecule has 114 valence electrons. The third-order valence-corrected chi connectivity index (χ3v) is 5.19. The quantitative estimate of drug-likeness (QED) is 0.790. The van der Waals surface area contributed by atoms with Crippen molar-refractivity contribution in [3.63, 3.8) is 0 Å². The SMILES string of the molecule is O=C(O)C1CS(=O)(=O)CC(c2ccc3c(c2)OCCO3)N1. The number of carboxylic acids is 1. The van der Waals surface area contributed by atoms with Crippen molar-refractivity contribution in [1.82, 2.24) is 5.32 Å². The third kappa shape index (κ3) is 2.96. The average Bonchev–Trinajstić information content (AvgIpc) is 2.45. The Morgan fingerprint density at radius 2 is 1.90 bits per heavy atom. The van der Waals surface area contributed by atoms with E-state index in [2.05, 4.69) is 5.32 Å². The molecule has 1 aromatic carbocycles. The molecule has 2 unspecified atom stereocenters. The minimum atomic E-state index is -3.41. The minimum Gasteiger partial charge on any atom is -0.486 e. The molecule has 1 aromatic rings. The fraction of sp³-hybridized carbons (Fsp3) is 0.462. The van der Waals surface area contributed by atoms with E-state index in [4.69, 9.17) is 14.6 Å². The molecule has 7 nitrogen and oxygen atoms in total. The Balaban J connectivity index is 1.90. The summed E-state index contributed by atoms with van der Waals surface area (Å²) in [7, 11) is -3.41. The van der Waals surface area contributed by atoms with Crippen molar-refractivity contribution in [2.75, 3.05) is 24.7 Å². The van der Waals surface area contributed by atoms with E-state index in [1.165, 1.54) is 0 Å². The van der Waals surface area contributed by atoms with Crippen molar-refractivity contribution >= 4 is 15.8 Å². The van der Waals surface area contributed by atoms with Crippen LogP contribution in [0.15, 0.2) is 18.2 Å². The topological polar surface area (TPSA) is 102 Å². The monoisotopic (exact) mass is 313 g/mol. The normalized spacial score (nSPS) is 27.0. The highest BCUT2D eigenvalue weighted by Gasteiger charge is 2.36. The summed E-state index contributed by atoms with van der Waals surface area (Å²) in [4.78, 5) is 11.1. The van der Waals surface area contributed by atoms with E-state index >= 15 is 0 Å². The van der Waals surface area contributed by atoms with Crippen LogP contribution in [0.2, 0.25) is 0 Å². The lowest BCUT2D eigenvalue weighted by molar-refractivity contribution is -0.139. The zero-order valence-electron chi connectivity index (χ0n) is 11.1. The highest BCUT2D eigenvalue weighted by molar-refractivity contribution is 7.91. The Morgan fingerprint density at radius 3 is 2.62 bits per heavy atom. The molecule has 0 saturated carbocycles. The van der Waals surface area contributed by atoms with Gasteiger partial charge in [-0.25, -0.2) is 8.42 Å². The van der Waals surface area contributed by atoms with E-state index in [0.29, 0.717) is 30.3 Å². The molecule has 2 aliphatic heterocycles. The van der Waals surface area contributed by atoms with E-state index in [-0.39, 0.29) is 11.5 Å². The Bertz CT molecular complexity index is 671. The second-order valence-corrected chi connectivity index (χ2v) is 7.24. The second kappa shape index (κ2) is 5.19. The standard InChI is InChI=1S/C13H15NO6S/c15-13(16)10-7-21(17,18)6-9(14-10)8-1-2-11-12(5-8)20-4-3-19-11/h1-2,5,9-10,14H,3-4,6-7H2,(H,15,16). The fourth-order valence-electron chi connectivity index (χ4n) is 2.53. The number of rotatable bonds is 2. The van der Waals surface area contributed by atoms with Gasteiger partial charge in [0.25, 0.3) is 0 Å². The first-order chi connectivity index (χ1) is 9.94. The molecule has 0 aliphatic carbocycles. The van der Waals surface area contributed by atoms with Gasteiger partial charge in [-0.3, -0.25) is 10.1 Å². The van der Waals surface area contributed by atoms with Crippen LogP contribution in [0.5, 0.6) is 11.5 Å². The van der Waals surface area contributed by atoms with Crippen LogP contribution in [0.1, 0.15) is 11.6 Å². The number of hydrogen-bond donors (Lipinski definition) is 2. The summed E-state index contributed by atoms with van der Waals surface area (Å²) >= 11 is 0. The van der Waals surface area contributed by atoms with Crippen molar-refractivity contribution in [2.45, 2.75) is 12.1 Å². The van der Waals surface area contributed by atoms with Gasteiger partial charge in [0.05, 0.1) is 11.5 Å². The second-order valence-electron chi connectivity index (χ2n) is 5.09. The molecule has 2 atom stereocenters. The lowest BCUT2D eigenvalue weighted by Gasteiger charge is -2.29. The number of benzene rings is 1. The van der Waals surface area contributed by atoms with Crippen molar-refractivity contribution in [1.29, 1.82) is 0 Å². The van der Waals surface area contributed by atoms with Gasteiger partial charge in [0.1, 0.15) is 19.3 Å². The largest absolute Gasteiger partial charge is 0.486 e. The molecule has 21 heavy (non-hydrogen) atoms. The van der Waals surface area contributed by atoms with Crippen LogP contribution in [0.25, 0.3) is 0 Å². The molecular formula is C13H15NO6S. The summed E-state index contributed by atoms with van der Waals surface area (Å²) < 4.78 is 34.6. The maximum atomic E-state index is 11.9. The molecule has 3 rings (SSSR count). The Kier molecular flexibility index (Phi) is 3.50. The molecule has 0 bridgehead atoms. The van der Waals surface area contributed by atoms with Gasteiger partial charge in [-0.05, 0) is 17.7 Å². The maximum absolute atomic E-state index is 11.9. The first-order valence-electron chi connectivity index (χ1n) is 6.53. The zero-order chi connectivity index (χ0) is 15.0. The molecule has 0 spiro atoms. The van der Waals surface area contributed by atoms with E-state index in [9.17, 15) is 13.2 Å². The van der Waals surface area contributed by atoms with E-state index < -0.39 is 27.9 Å². The van der Waals surface area contributed by atoms with Crippen LogP contribution in [0.4, 0.5) is 0 Å². The van der Waals surface area contributed by atoms with E-state index in [1.807, 2.05) is 0 Å². The number of ether oxygens (including phenoxy) is 2. The third-order valence-electron chi connectivity index (χ3n) is 3.51. The molecule has 1 fully saturated rings. The van der Waals surface area contributed by atoms with Gasteiger partial charge in [-0.1, -0.05) is 6.07 Å². The van der Waals surface area contributed by atoms with Crippen LogP contribution >= 0.6 is 0 Å². The minimum absolute atomic E-state index is 0.129. The van der Waals surface area contributed by atoms with Crippen molar-refractivity contribution in [3.8, 4) is 11.5 Å². The zero-order valence-corrected chi connectivity index (χ0v) is 11.9. The van der Waals surface area contributed by atoms with Crippen LogP contribution in [0, 0.1) is 0 Å². The van der Waals surface area contributed by atoms with Gasteiger partial charge in [0.15, 0.2) is 21.3 Å². The van der Waals surface area contributed by atoms with Gasteiger partial charge in [-0.2, -0.15) is 0 Å². The highest BCUT2D eigenvalue weighted by atomic mass is 32.2. The van der Waals surface area contributed by atoms with Crippen LogP contribution in [0.3, 0.4) is 0 Å². The number of aliphatic carboxylic acids is 1. The number of hydrogen-bond acceptors (Lipinski definition) is 6. The number of carboxylic acid groups (broad SMARTS) is 1. The number of sulfone groups is 1. The molecular weight excluding hydrogens is 298 g/mol. The predicted molar refractivity (Wildman–Crippen MR) is 73.4 cm³/mol. The molecule has 0 aromatic heterocycles. The molecule has 1 saturated heterocycles. The number of carbonyl (C=O) groups is 1. The smallest absolute Gasteiger partial charge is 0.321 e. The highest BCUT2D eigenvalue weighted by Crippen LogP contribution is 2.33. The predicted octanol–water partition coefficient (Wildman–Crippen LogP) is -0.0299. The van der Waals surface area contributed by atoms with E-state index in [1.54, 1.807) is 18.2 Å². The summed E-state index contributed by atoms with van der Waals surface area (Å²) in [6.45, 7) is 0.911. The average molecular weight is 313 g/mol. The lowest BCUT2D eigenvalue weighted by Crippen LogP contribution is -2.51. The molecule has 2 N–H and O–H groups in total. The lowest BCUT2D eigenvalue weighted by atomic mass is 10.1. The summed E-state index contributed by atoms with van der Waals surface area (Å²) in [5.74, 6) is -0.519. The van der Waals surface area contributed by atoms with Gasteiger partial charge >= 0.3 is 5.97 Å². The number of fused-ring (bicyclic) bond motifs is 1. The first-order valence-corrected chi connectivity index (χ1v) is 8.35. The molecule has 0 amide bonds. The molecule has 2 aliphatic rings.